The van der Waals surface area contributed by atoms with Crippen molar-refractivity contribution in [1.82, 2.24) is 4.57 Å². The summed E-state index contributed by atoms with van der Waals surface area (Å²) in [7, 11) is 0. The van der Waals surface area contributed by atoms with E-state index in [2.05, 4.69) is 4.99 Å². The van der Waals surface area contributed by atoms with Gasteiger partial charge in [0.05, 0.1) is 28.5 Å². The number of ether oxygens (including phenoxy) is 1. The van der Waals surface area contributed by atoms with Crippen LogP contribution in [0.2, 0.25) is 5.02 Å². The molecular formula is C24H21ClN2O3S2. The van der Waals surface area contributed by atoms with Gasteiger partial charge >= 0.3 is 5.97 Å². The molecule has 164 valence electrons. The SMILES string of the molecule is CCOC(=O)C1=C(C)N=c2s/c(=C/c3ccc(SC)cc3)c(=O)n2[C@H]1c1ccc(Cl)cc1. The summed E-state index contributed by atoms with van der Waals surface area (Å²) in [5.41, 5.74) is 2.40. The molecule has 1 aromatic heterocycles. The second-order valence-electron chi connectivity index (χ2n) is 7.13. The third-order valence-electron chi connectivity index (χ3n) is 5.12. The van der Waals surface area contributed by atoms with E-state index in [0.717, 1.165) is 16.0 Å². The van der Waals surface area contributed by atoms with E-state index in [1.165, 1.54) is 11.3 Å². The second kappa shape index (κ2) is 9.48. The molecule has 4 rings (SSSR count). The van der Waals surface area contributed by atoms with Crippen LogP contribution in [0.25, 0.3) is 6.08 Å². The van der Waals surface area contributed by atoms with Crippen molar-refractivity contribution in [3.8, 4) is 0 Å². The van der Waals surface area contributed by atoms with Crippen molar-refractivity contribution in [2.75, 3.05) is 12.9 Å². The Morgan fingerprint density at radius 3 is 2.53 bits per heavy atom. The Balaban J connectivity index is 1.92. The summed E-state index contributed by atoms with van der Waals surface area (Å²) in [6.07, 6.45) is 3.88. The fourth-order valence-corrected chi connectivity index (χ4v) is 5.18. The molecule has 0 saturated heterocycles. The summed E-state index contributed by atoms with van der Waals surface area (Å²) in [5, 5.41) is 0.577. The zero-order valence-corrected chi connectivity index (χ0v) is 20.2. The maximum absolute atomic E-state index is 13.5. The molecule has 0 N–H and O–H groups in total. The fraction of sp³-hybridized carbons (Fsp3) is 0.208. The summed E-state index contributed by atoms with van der Waals surface area (Å²) < 4.78 is 7.43. The third-order valence-corrected chi connectivity index (χ3v) is 7.09. The van der Waals surface area contributed by atoms with Crippen molar-refractivity contribution < 1.29 is 9.53 Å². The molecule has 2 heterocycles. The lowest BCUT2D eigenvalue weighted by molar-refractivity contribution is -0.139. The van der Waals surface area contributed by atoms with Gasteiger partial charge in [0, 0.05) is 9.92 Å². The molecule has 0 spiro atoms. The number of thiazole rings is 1. The largest absolute Gasteiger partial charge is 0.463 e. The molecule has 32 heavy (non-hydrogen) atoms. The summed E-state index contributed by atoms with van der Waals surface area (Å²) in [4.78, 5) is 32.6. The van der Waals surface area contributed by atoms with E-state index in [0.29, 0.717) is 25.6 Å². The standard InChI is InChI=1S/C24H21ClN2O3S2/c1-4-30-23(29)20-14(2)26-24-27(21(20)16-7-9-17(25)10-8-16)22(28)19(32-24)13-15-5-11-18(31-3)12-6-15/h5-13,21H,4H2,1-3H3/b19-13+/t21-/m0/s1. The predicted octanol–water partition coefficient (Wildman–Crippen LogP) is 4.17. The molecule has 0 amide bonds. The monoisotopic (exact) mass is 484 g/mol. The minimum absolute atomic E-state index is 0.197. The normalized spacial score (nSPS) is 16.0. The van der Waals surface area contributed by atoms with Gasteiger partial charge in [0.1, 0.15) is 0 Å². The van der Waals surface area contributed by atoms with Gasteiger partial charge in [0.25, 0.3) is 5.56 Å². The number of halogens is 1. The molecule has 0 aliphatic carbocycles. The predicted molar refractivity (Wildman–Crippen MR) is 130 cm³/mol. The van der Waals surface area contributed by atoms with Crippen LogP contribution in [0.1, 0.15) is 31.0 Å². The molecular weight excluding hydrogens is 464 g/mol. The molecule has 1 aliphatic rings. The topological polar surface area (TPSA) is 60.7 Å². The highest BCUT2D eigenvalue weighted by Gasteiger charge is 2.33. The number of aromatic nitrogens is 1. The summed E-state index contributed by atoms with van der Waals surface area (Å²) in [6.45, 7) is 3.76. The van der Waals surface area contributed by atoms with Gasteiger partial charge in [0.15, 0.2) is 4.80 Å². The number of thioether (sulfide) groups is 1. The van der Waals surface area contributed by atoms with Gasteiger partial charge in [0.2, 0.25) is 0 Å². The zero-order chi connectivity index (χ0) is 22.8. The number of nitrogens with zero attached hydrogens (tertiary/aromatic N) is 2. The number of hydrogen-bond donors (Lipinski definition) is 0. The van der Waals surface area contributed by atoms with Crippen LogP contribution in [-0.4, -0.2) is 23.4 Å². The van der Waals surface area contributed by atoms with Crippen LogP contribution in [-0.2, 0) is 9.53 Å². The van der Waals surface area contributed by atoms with Crippen LogP contribution >= 0.6 is 34.7 Å². The van der Waals surface area contributed by atoms with Crippen molar-refractivity contribution in [3.05, 3.63) is 95.6 Å². The number of allylic oxidation sites excluding steroid dienone is 1. The molecule has 3 aromatic rings. The van der Waals surface area contributed by atoms with Gasteiger partial charge in [-0.2, -0.15) is 0 Å². The molecule has 1 atom stereocenters. The Morgan fingerprint density at radius 1 is 1.22 bits per heavy atom. The van der Waals surface area contributed by atoms with E-state index in [1.54, 1.807) is 42.3 Å². The van der Waals surface area contributed by atoms with E-state index >= 15 is 0 Å². The molecule has 0 bridgehead atoms. The van der Waals surface area contributed by atoms with Crippen molar-refractivity contribution >= 4 is 46.7 Å². The van der Waals surface area contributed by atoms with Crippen molar-refractivity contribution in [3.63, 3.8) is 0 Å². The van der Waals surface area contributed by atoms with Gasteiger partial charge < -0.3 is 4.74 Å². The summed E-state index contributed by atoms with van der Waals surface area (Å²) >= 11 is 9.05. The Hall–Kier alpha value is -2.61. The number of benzene rings is 2. The highest BCUT2D eigenvalue weighted by Crippen LogP contribution is 2.31. The first-order chi connectivity index (χ1) is 15.4. The Kier molecular flexibility index (Phi) is 6.69. The van der Waals surface area contributed by atoms with Crippen LogP contribution in [0, 0.1) is 0 Å². The lowest BCUT2D eigenvalue weighted by Gasteiger charge is -2.24. The number of esters is 1. The van der Waals surface area contributed by atoms with E-state index in [4.69, 9.17) is 16.3 Å². The lowest BCUT2D eigenvalue weighted by atomic mass is 9.96. The average Bonchev–Trinajstić information content (AvgIpc) is 3.08. The molecule has 1 aliphatic heterocycles. The number of carbonyl (C=O) groups is 1. The highest BCUT2D eigenvalue weighted by atomic mass is 35.5. The van der Waals surface area contributed by atoms with Crippen LogP contribution in [0.5, 0.6) is 0 Å². The molecule has 0 saturated carbocycles. The molecule has 5 nitrogen and oxygen atoms in total. The van der Waals surface area contributed by atoms with Crippen molar-refractivity contribution in [1.29, 1.82) is 0 Å². The average molecular weight is 485 g/mol. The van der Waals surface area contributed by atoms with Crippen LogP contribution in [0.3, 0.4) is 0 Å². The first kappa shape index (κ1) is 22.6. The number of hydrogen-bond acceptors (Lipinski definition) is 6. The quantitative estimate of drug-likeness (QED) is 0.403. The molecule has 0 radical (unpaired) electrons. The zero-order valence-electron chi connectivity index (χ0n) is 17.8. The maximum atomic E-state index is 13.5. The van der Waals surface area contributed by atoms with Crippen molar-refractivity contribution in [2.24, 2.45) is 4.99 Å². The van der Waals surface area contributed by atoms with Gasteiger partial charge in [-0.15, -0.1) is 11.8 Å². The highest BCUT2D eigenvalue weighted by molar-refractivity contribution is 7.98. The Morgan fingerprint density at radius 2 is 1.91 bits per heavy atom. The van der Waals surface area contributed by atoms with Gasteiger partial charge in [-0.25, -0.2) is 9.79 Å². The molecule has 0 fully saturated rings. The van der Waals surface area contributed by atoms with Gasteiger partial charge in [-0.05, 0) is 61.6 Å². The number of rotatable bonds is 5. The fourth-order valence-electron chi connectivity index (χ4n) is 3.60. The third kappa shape index (κ3) is 4.33. The van der Waals surface area contributed by atoms with E-state index in [-0.39, 0.29) is 12.2 Å². The molecule has 0 unspecified atom stereocenters. The molecule has 8 heteroatoms. The minimum atomic E-state index is -0.636. The summed E-state index contributed by atoms with van der Waals surface area (Å²) in [5.74, 6) is -0.476. The first-order valence-corrected chi connectivity index (χ1v) is 12.4. The van der Waals surface area contributed by atoms with Crippen LogP contribution in [0.4, 0.5) is 0 Å². The Bertz CT molecular complexity index is 1370. The van der Waals surface area contributed by atoms with E-state index < -0.39 is 12.0 Å². The second-order valence-corrected chi connectivity index (χ2v) is 9.45. The van der Waals surface area contributed by atoms with Gasteiger partial charge in [-0.3, -0.25) is 9.36 Å². The minimum Gasteiger partial charge on any atom is -0.463 e. The maximum Gasteiger partial charge on any atom is 0.338 e. The summed E-state index contributed by atoms with van der Waals surface area (Å²) in [6, 6.07) is 14.5. The van der Waals surface area contributed by atoms with Gasteiger partial charge in [-0.1, -0.05) is 47.2 Å². The smallest absolute Gasteiger partial charge is 0.338 e. The van der Waals surface area contributed by atoms with E-state index in [9.17, 15) is 9.59 Å². The lowest BCUT2D eigenvalue weighted by Crippen LogP contribution is -2.39. The first-order valence-electron chi connectivity index (χ1n) is 10.0. The van der Waals surface area contributed by atoms with Crippen LogP contribution in [0.15, 0.2) is 74.5 Å². The van der Waals surface area contributed by atoms with Crippen LogP contribution < -0.4 is 14.9 Å². The number of carbonyl (C=O) groups excluding carboxylic acids is 1. The Labute approximate surface area is 198 Å². The van der Waals surface area contributed by atoms with E-state index in [1.807, 2.05) is 48.7 Å². The number of fused-ring (bicyclic) bond motifs is 1. The molecule has 2 aromatic carbocycles. The van der Waals surface area contributed by atoms with Crippen molar-refractivity contribution in [2.45, 2.75) is 24.8 Å².